The number of ether oxygens (including phenoxy) is 1. The van der Waals surface area contributed by atoms with Gasteiger partial charge in [0, 0.05) is 24.6 Å². The highest BCUT2D eigenvalue weighted by Gasteiger charge is 2.37. The zero-order valence-electron chi connectivity index (χ0n) is 25.6. The molecular weight excluding hydrogens is 518 g/mol. The van der Waals surface area contributed by atoms with Crippen molar-refractivity contribution in [2.24, 2.45) is 0 Å². The average molecular weight is 568 g/mol. The number of nitrogens with one attached hydrogen (secondary N) is 2. The maximum Gasteiger partial charge on any atom is 0.408 e. The molecule has 0 aliphatic heterocycles. The van der Waals surface area contributed by atoms with Crippen LogP contribution in [0.5, 0.6) is 5.75 Å². The number of para-hydroxylation sites is 1. The summed E-state index contributed by atoms with van der Waals surface area (Å²) >= 11 is 0. The minimum atomic E-state index is -1.08. The van der Waals surface area contributed by atoms with E-state index in [1.807, 2.05) is 44.2 Å². The lowest BCUT2D eigenvalue weighted by Crippen LogP contribution is -2.54. The maximum absolute atomic E-state index is 14.4. The predicted octanol–water partition coefficient (Wildman–Crippen LogP) is 6.28. The average Bonchev–Trinajstić information content (AvgIpc) is 2.89. The van der Waals surface area contributed by atoms with Crippen molar-refractivity contribution in [3.63, 3.8) is 0 Å². The van der Waals surface area contributed by atoms with Gasteiger partial charge in [-0.2, -0.15) is 0 Å². The van der Waals surface area contributed by atoms with Crippen LogP contribution in [0.2, 0.25) is 0 Å². The molecule has 0 aliphatic carbocycles. The van der Waals surface area contributed by atoms with Crippen LogP contribution in [0.3, 0.4) is 0 Å². The summed E-state index contributed by atoms with van der Waals surface area (Å²) in [5, 5.41) is 16.5. The predicted molar refractivity (Wildman–Crippen MR) is 163 cm³/mol. The van der Waals surface area contributed by atoms with Crippen LogP contribution in [0.25, 0.3) is 0 Å². The van der Waals surface area contributed by atoms with Crippen molar-refractivity contribution in [3.05, 3.63) is 65.7 Å². The number of phenols is 1. The van der Waals surface area contributed by atoms with E-state index in [9.17, 15) is 19.5 Å². The Kier molecular flexibility index (Phi) is 13.7. The van der Waals surface area contributed by atoms with Gasteiger partial charge in [0.05, 0.1) is 0 Å². The number of rotatable bonds is 15. The Morgan fingerprint density at radius 1 is 0.878 bits per heavy atom. The number of amides is 3. The van der Waals surface area contributed by atoms with E-state index in [0.717, 1.165) is 37.7 Å². The van der Waals surface area contributed by atoms with Gasteiger partial charge in [0.2, 0.25) is 11.8 Å². The van der Waals surface area contributed by atoms with E-state index in [-0.39, 0.29) is 24.8 Å². The molecule has 2 aromatic rings. The van der Waals surface area contributed by atoms with Gasteiger partial charge in [-0.3, -0.25) is 9.59 Å². The third-order valence-corrected chi connectivity index (χ3v) is 6.53. The van der Waals surface area contributed by atoms with E-state index >= 15 is 0 Å². The molecule has 41 heavy (non-hydrogen) atoms. The Morgan fingerprint density at radius 3 is 2.10 bits per heavy atom. The molecule has 8 nitrogen and oxygen atoms in total. The SMILES string of the molecule is CCCCCCCCN(C(=O)C(Cc1ccccc1)NC(=O)OC(C)(C)C)C(C(=O)NC(C)C)c1ccccc1O. The summed E-state index contributed by atoms with van der Waals surface area (Å²) in [5.74, 6) is -0.881. The van der Waals surface area contributed by atoms with Gasteiger partial charge in [-0.05, 0) is 52.7 Å². The third-order valence-electron chi connectivity index (χ3n) is 6.53. The van der Waals surface area contributed by atoms with Crippen molar-refractivity contribution < 1.29 is 24.2 Å². The monoisotopic (exact) mass is 567 g/mol. The lowest BCUT2D eigenvalue weighted by molar-refractivity contribution is -0.142. The van der Waals surface area contributed by atoms with Crippen LogP contribution >= 0.6 is 0 Å². The van der Waals surface area contributed by atoms with Crippen molar-refractivity contribution in [3.8, 4) is 5.75 Å². The lowest BCUT2D eigenvalue weighted by atomic mass is 9.98. The summed E-state index contributed by atoms with van der Waals surface area (Å²) in [4.78, 5) is 42.5. The van der Waals surface area contributed by atoms with Crippen molar-refractivity contribution in [2.75, 3.05) is 6.54 Å². The van der Waals surface area contributed by atoms with E-state index in [2.05, 4.69) is 17.6 Å². The second-order valence-electron chi connectivity index (χ2n) is 11.8. The zero-order valence-corrected chi connectivity index (χ0v) is 25.6. The first kappa shape index (κ1) is 33.7. The second kappa shape index (κ2) is 16.7. The molecule has 0 spiro atoms. The van der Waals surface area contributed by atoms with Crippen molar-refractivity contribution >= 4 is 17.9 Å². The molecule has 0 bridgehead atoms. The molecular formula is C33H49N3O5. The number of hydrogen-bond acceptors (Lipinski definition) is 5. The van der Waals surface area contributed by atoms with Gasteiger partial charge >= 0.3 is 6.09 Å². The van der Waals surface area contributed by atoms with Crippen molar-refractivity contribution in [2.45, 2.75) is 110 Å². The normalized spacial score (nSPS) is 12.9. The van der Waals surface area contributed by atoms with E-state index in [0.29, 0.717) is 12.0 Å². The number of carbonyl (C=O) groups excluding carboxylic acids is 3. The number of aromatic hydroxyl groups is 1. The molecule has 0 aromatic heterocycles. The molecule has 2 unspecified atom stereocenters. The molecule has 3 amide bonds. The van der Waals surface area contributed by atoms with Gasteiger partial charge in [-0.15, -0.1) is 0 Å². The van der Waals surface area contributed by atoms with Gasteiger partial charge in [-0.1, -0.05) is 87.6 Å². The lowest BCUT2D eigenvalue weighted by Gasteiger charge is -2.35. The van der Waals surface area contributed by atoms with E-state index in [1.54, 1.807) is 39.0 Å². The molecule has 0 aliphatic rings. The summed E-state index contributed by atoms with van der Waals surface area (Å²) < 4.78 is 5.50. The number of carbonyl (C=O) groups is 3. The number of benzene rings is 2. The summed E-state index contributed by atoms with van der Waals surface area (Å²) in [7, 11) is 0. The molecule has 226 valence electrons. The smallest absolute Gasteiger partial charge is 0.408 e. The quantitative estimate of drug-likeness (QED) is 0.220. The van der Waals surface area contributed by atoms with Gasteiger partial charge in [-0.25, -0.2) is 4.79 Å². The maximum atomic E-state index is 14.4. The van der Waals surface area contributed by atoms with E-state index in [4.69, 9.17) is 4.74 Å². The molecule has 2 rings (SSSR count). The van der Waals surface area contributed by atoms with Gasteiger partial charge < -0.3 is 25.4 Å². The minimum absolute atomic E-state index is 0.0723. The number of nitrogens with zero attached hydrogens (tertiary/aromatic N) is 1. The molecule has 0 saturated heterocycles. The highest BCUT2D eigenvalue weighted by molar-refractivity contribution is 5.92. The Bertz CT molecular complexity index is 1100. The summed E-state index contributed by atoms with van der Waals surface area (Å²) in [6.07, 6.45) is 5.50. The van der Waals surface area contributed by atoms with Gasteiger partial charge in [0.15, 0.2) is 0 Å². The summed E-state index contributed by atoms with van der Waals surface area (Å²) in [6.45, 7) is 11.4. The number of unbranched alkanes of at least 4 members (excludes halogenated alkanes) is 5. The molecule has 8 heteroatoms. The fraction of sp³-hybridized carbons (Fsp3) is 0.545. The molecule has 2 atom stereocenters. The van der Waals surface area contributed by atoms with Crippen molar-refractivity contribution in [1.82, 2.24) is 15.5 Å². The third kappa shape index (κ3) is 11.8. The summed E-state index contributed by atoms with van der Waals surface area (Å²) in [5.41, 5.74) is 0.436. The number of phenolic OH excluding ortho intramolecular Hbond substituents is 1. The summed E-state index contributed by atoms with van der Waals surface area (Å²) in [6, 6.07) is 13.7. The van der Waals surface area contributed by atoms with Crippen molar-refractivity contribution in [1.29, 1.82) is 0 Å². The first-order valence-electron chi connectivity index (χ1n) is 14.8. The Balaban J connectivity index is 2.51. The Labute approximate surface area is 245 Å². The van der Waals surface area contributed by atoms with Crippen LogP contribution in [0.4, 0.5) is 4.79 Å². The molecule has 3 N–H and O–H groups in total. The standard InChI is InChI=1S/C33H49N3O5/c1-7-8-9-10-11-17-22-36(29(30(38)34-24(2)3)26-20-15-16-21-28(26)37)31(39)27(23-25-18-13-12-14-19-25)35-32(40)41-33(4,5)6/h12-16,18-21,24,27,29,37H,7-11,17,22-23H2,1-6H3,(H,34,38)(H,35,40). The van der Waals surface area contributed by atoms with E-state index in [1.165, 1.54) is 11.0 Å². The van der Waals surface area contributed by atoms with Crippen LogP contribution in [-0.4, -0.2) is 52.1 Å². The first-order valence-corrected chi connectivity index (χ1v) is 14.8. The highest BCUT2D eigenvalue weighted by atomic mass is 16.6. The largest absolute Gasteiger partial charge is 0.508 e. The van der Waals surface area contributed by atoms with Crippen LogP contribution in [-0.2, 0) is 20.7 Å². The molecule has 2 aromatic carbocycles. The van der Waals surface area contributed by atoms with Gasteiger partial charge in [0.25, 0.3) is 0 Å². The highest BCUT2D eigenvalue weighted by Crippen LogP contribution is 2.30. The van der Waals surface area contributed by atoms with Crippen LogP contribution in [0.1, 0.15) is 97.2 Å². The first-order chi connectivity index (χ1) is 19.4. The molecule has 0 fully saturated rings. The molecule has 0 heterocycles. The fourth-order valence-corrected chi connectivity index (χ4v) is 4.66. The van der Waals surface area contributed by atoms with Crippen LogP contribution in [0, 0.1) is 0 Å². The van der Waals surface area contributed by atoms with E-state index < -0.39 is 35.6 Å². The van der Waals surface area contributed by atoms with Gasteiger partial charge in [0.1, 0.15) is 23.4 Å². The number of hydrogen-bond donors (Lipinski definition) is 3. The second-order valence-corrected chi connectivity index (χ2v) is 11.8. The zero-order chi connectivity index (χ0) is 30.4. The topological polar surface area (TPSA) is 108 Å². The number of alkyl carbamates (subject to hydrolysis) is 1. The Morgan fingerprint density at radius 2 is 1.49 bits per heavy atom. The Hall–Kier alpha value is -3.55. The van der Waals surface area contributed by atoms with Crippen LogP contribution in [0.15, 0.2) is 54.6 Å². The molecule has 0 radical (unpaired) electrons. The minimum Gasteiger partial charge on any atom is -0.508 e. The fourth-order valence-electron chi connectivity index (χ4n) is 4.66. The van der Waals surface area contributed by atoms with Crippen LogP contribution < -0.4 is 10.6 Å². The molecule has 0 saturated carbocycles.